The number of amides is 1. The Balaban J connectivity index is 1.32. The van der Waals surface area contributed by atoms with Crippen molar-refractivity contribution in [2.45, 2.75) is 76.6 Å². The zero-order chi connectivity index (χ0) is 24.9. The topological polar surface area (TPSA) is 67.7 Å². The first kappa shape index (κ1) is 24.8. The molecule has 1 aromatic rings. The second-order valence-corrected chi connectivity index (χ2v) is 9.68. The zero-order valence-electron chi connectivity index (χ0n) is 18.6. The lowest BCUT2D eigenvalue weighted by atomic mass is 9.76. The molecule has 1 aliphatic carbocycles. The van der Waals surface area contributed by atoms with Crippen LogP contribution in [0.3, 0.4) is 0 Å². The van der Waals surface area contributed by atoms with Crippen molar-refractivity contribution in [1.29, 1.82) is 0 Å². The number of carbonyl (C=O) groups excluding carboxylic acids is 2. The Morgan fingerprint density at radius 1 is 1.09 bits per heavy atom. The lowest BCUT2D eigenvalue weighted by molar-refractivity contribution is -0.308. The molecule has 0 bridgehead atoms. The fourth-order valence-corrected chi connectivity index (χ4v) is 4.54. The summed E-state index contributed by atoms with van der Waals surface area (Å²) in [5.41, 5.74) is -0.209. The molecule has 4 rings (SSSR count). The van der Waals surface area contributed by atoms with Crippen molar-refractivity contribution in [2.75, 3.05) is 19.6 Å². The van der Waals surface area contributed by atoms with Gasteiger partial charge in [0.15, 0.2) is 5.78 Å². The molecule has 2 aliphatic heterocycles. The van der Waals surface area contributed by atoms with Crippen LogP contribution in [-0.4, -0.2) is 75.4 Å². The van der Waals surface area contributed by atoms with Crippen LogP contribution in [0.15, 0.2) is 6.20 Å². The molecule has 0 radical (unpaired) electrons. The highest BCUT2D eigenvalue weighted by Gasteiger charge is 2.60. The summed E-state index contributed by atoms with van der Waals surface area (Å²) in [6, 6.07) is 0.600. The summed E-state index contributed by atoms with van der Waals surface area (Å²) in [5, 5.41) is 0. The third-order valence-electron chi connectivity index (χ3n) is 6.81. The van der Waals surface area contributed by atoms with Crippen LogP contribution in [0.1, 0.15) is 55.3 Å². The number of rotatable bonds is 5. The highest BCUT2D eigenvalue weighted by molar-refractivity contribution is 5.94. The molecular weight excluding hydrogens is 470 g/mol. The van der Waals surface area contributed by atoms with E-state index in [9.17, 15) is 35.9 Å². The van der Waals surface area contributed by atoms with E-state index < -0.39 is 30.0 Å². The van der Waals surface area contributed by atoms with Crippen LogP contribution in [-0.2, 0) is 17.8 Å². The van der Waals surface area contributed by atoms with E-state index in [1.54, 1.807) is 6.20 Å². The third kappa shape index (κ3) is 5.49. The number of Topliss-reactive ketones (excluding diaryl/α,β-unsaturated/α-hetero) is 1. The summed E-state index contributed by atoms with van der Waals surface area (Å²) in [5.74, 6) is 0.667. The number of hydrogen-bond donors (Lipinski definition) is 0. The van der Waals surface area contributed by atoms with E-state index in [1.165, 1.54) is 12.8 Å². The number of alkyl halides is 6. The molecule has 0 aromatic carbocycles. The smallest absolute Gasteiger partial charge is 0.426 e. The first-order chi connectivity index (χ1) is 15.7. The lowest BCUT2D eigenvalue weighted by Crippen LogP contribution is -2.50. The van der Waals surface area contributed by atoms with Gasteiger partial charge < -0.3 is 14.2 Å². The predicted molar refractivity (Wildman–Crippen MR) is 106 cm³/mol. The van der Waals surface area contributed by atoms with E-state index in [2.05, 4.69) is 14.6 Å². The summed E-state index contributed by atoms with van der Waals surface area (Å²) in [6.07, 6.45) is -12.7. The molecule has 190 valence electrons. The van der Waals surface area contributed by atoms with Crippen LogP contribution in [0.25, 0.3) is 0 Å². The normalized spacial score (nSPS) is 21.5. The molecule has 1 saturated heterocycles. The summed E-state index contributed by atoms with van der Waals surface area (Å²) < 4.78 is 81.7. The van der Waals surface area contributed by atoms with Gasteiger partial charge in [-0.2, -0.15) is 26.3 Å². The highest BCUT2D eigenvalue weighted by atomic mass is 19.4. The number of aromatic nitrogens is 2. The highest BCUT2D eigenvalue weighted by Crippen LogP contribution is 2.38. The van der Waals surface area contributed by atoms with Crippen LogP contribution in [0.2, 0.25) is 0 Å². The van der Waals surface area contributed by atoms with Gasteiger partial charge in [-0.15, -0.1) is 0 Å². The Bertz CT molecular complexity index is 918. The lowest BCUT2D eigenvalue weighted by Gasteiger charge is -2.39. The van der Waals surface area contributed by atoms with Gasteiger partial charge in [-0.1, -0.05) is 6.92 Å². The predicted octanol–water partition coefficient (Wildman–Crippen LogP) is 4.17. The van der Waals surface area contributed by atoms with E-state index in [0.717, 1.165) is 23.8 Å². The summed E-state index contributed by atoms with van der Waals surface area (Å²) >= 11 is 0. The summed E-state index contributed by atoms with van der Waals surface area (Å²) in [7, 11) is 0. The molecular formula is C21H26F6N4O3. The number of halogens is 6. The van der Waals surface area contributed by atoms with Crippen molar-refractivity contribution in [1.82, 2.24) is 19.4 Å². The molecule has 3 heterocycles. The molecule has 1 aromatic heterocycles. The van der Waals surface area contributed by atoms with E-state index in [4.69, 9.17) is 0 Å². The molecule has 13 heteroatoms. The van der Waals surface area contributed by atoms with E-state index in [1.807, 2.05) is 11.5 Å². The minimum atomic E-state index is -5.76. The van der Waals surface area contributed by atoms with Gasteiger partial charge >= 0.3 is 18.4 Å². The molecule has 0 unspecified atom stereocenters. The maximum absolute atomic E-state index is 12.9. The Labute approximate surface area is 192 Å². The summed E-state index contributed by atoms with van der Waals surface area (Å²) in [6.45, 7) is 3.96. The monoisotopic (exact) mass is 496 g/mol. The van der Waals surface area contributed by atoms with Gasteiger partial charge in [0.25, 0.3) is 6.10 Å². The standard InChI is InChI=1S/C21H26F6N4O3/c1-19(4-6-29(7-5-19)18(33)34-17(20(22,23)24)21(25,26)27)10-15(32)14-11-31-9-8-30(13-2-3-13)12-16(31)28-14/h11,13,17H,2-10,12H2,1H3. The Kier molecular flexibility index (Phi) is 6.36. The fraction of sp³-hybridized carbons (Fsp3) is 0.762. The second-order valence-electron chi connectivity index (χ2n) is 9.68. The molecule has 1 amide bonds. The molecule has 0 atom stereocenters. The minimum absolute atomic E-state index is 0.110. The number of carbonyl (C=O) groups is 2. The molecule has 3 aliphatic rings. The Morgan fingerprint density at radius 3 is 2.26 bits per heavy atom. The van der Waals surface area contributed by atoms with Gasteiger partial charge in [0.1, 0.15) is 11.5 Å². The molecule has 34 heavy (non-hydrogen) atoms. The van der Waals surface area contributed by atoms with E-state index in [-0.39, 0.29) is 38.1 Å². The first-order valence-electron chi connectivity index (χ1n) is 11.2. The van der Waals surface area contributed by atoms with Gasteiger partial charge in [0.2, 0.25) is 0 Å². The number of ether oxygens (including phenoxy) is 1. The maximum atomic E-state index is 12.9. The van der Waals surface area contributed by atoms with Gasteiger partial charge in [0, 0.05) is 44.8 Å². The summed E-state index contributed by atoms with van der Waals surface area (Å²) in [4.78, 5) is 32.5. The number of hydrogen-bond acceptors (Lipinski definition) is 5. The van der Waals surface area contributed by atoms with Crippen molar-refractivity contribution in [3.05, 3.63) is 17.7 Å². The van der Waals surface area contributed by atoms with Crippen LogP contribution in [0.4, 0.5) is 31.1 Å². The van der Waals surface area contributed by atoms with Gasteiger partial charge in [-0.3, -0.25) is 9.69 Å². The fourth-order valence-electron chi connectivity index (χ4n) is 4.54. The molecule has 0 N–H and O–H groups in total. The minimum Gasteiger partial charge on any atom is -0.426 e. The first-order valence-corrected chi connectivity index (χ1v) is 11.2. The zero-order valence-corrected chi connectivity index (χ0v) is 18.6. The van der Waals surface area contributed by atoms with Crippen LogP contribution >= 0.6 is 0 Å². The van der Waals surface area contributed by atoms with Gasteiger partial charge in [-0.05, 0) is 31.1 Å². The van der Waals surface area contributed by atoms with Crippen LogP contribution < -0.4 is 0 Å². The van der Waals surface area contributed by atoms with Crippen molar-refractivity contribution in [2.24, 2.45) is 5.41 Å². The Morgan fingerprint density at radius 2 is 1.71 bits per heavy atom. The number of likely N-dealkylation sites (tertiary alicyclic amines) is 1. The van der Waals surface area contributed by atoms with Crippen LogP contribution in [0, 0.1) is 5.41 Å². The number of fused-ring (bicyclic) bond motifs is 1. The quantitative estimate of drug-likeness (QED) is 0.452. The average Bonchev–Trinajstić information content (AvgIpc) is 3.48. The number of ketones is 1. The average molecular weight is 496 g/mol. The number of piperidine rings is 1. The second kappa shape index (κ2) is 8.72. The number of imidazole rings is 1. The maximum Gasteiger partial charge on any atom is 0.434 e. The van der Waals surface area contributed by atoms with Gasteiger partial charge in [0.05, 0.1) is 6.54 Å². The van der Waals surface area contributed by atoms with Crippen molar-refractivity contribution in [3.8, 4) is 0 Å². The van der Waals surface area contributed by atoms with E-state index in [0.29, 0.717) is 18.3 Å². The molecule has 7 nitrogen and oxygen atoms in total. The van der Waals surface area contributed by atoms with Crippen molar-refractivity contribution >= 4 is 11.9 Å². The van der Waals surface area contributed by atoms with Crippen LogP contribution in [0.5, 0.6) is 0 Å². The van der Waals surface area contributed by atoms with Crippen molar-refractivity contribution in [3.63, 3.8) is 0 Å². The molecule has 1 saturated carbocycles. The largest absolute Gasteiger partial charge is 0.434 e. The SMILES string of the molecule is CC1(CC(=O)c2cn3c(n2)CN(C2CC2)CC3)CCN(C(=O)OC(C(F)(F)F)C(F)(F)F)CC1. The van der Waals surface area contributed by atoms with Crippen molar-refractivity contribution < 1.29 is 40.7 Å². The number of nitrogens with zero attached hydrogens (tertiary/aromatic N) is 4. The Hall–Kier alpha value is -2.31. The third-order valence-corrected chi connectivity index (χ3v) is 6.81. The van der Waals surface area contributed by atoms with E-state index >= 15 is 0 Å². The molecule has 2 fully saturated rings. The molecule has 0 spiro atoms. The van der Waals surface area contributed by atoms with Gasteiger partial charge in [-0.25, -0.2) is 9.78 Å².